The molecule has 0 spiro atoms. The highest BCUT2D eigenvalue weighted by atomic mass is 16.1. The zero-order valence-corrected chi connectivity index (χ0v) is 8.83. The number of hydrogen-bond donors (Lipinski definition) is 1. The molecule has 0 unspecified atom stereocenters. The Labute approximate surface area is 85.4 Å². The van der Waals surface area contributed by atoms with E-state index in [0.29, 0.717) is 6.04 Å². The molecule has 2 nitrogen and oxygen atoms in total. The summed E-state index contributed by atoms with van der Waals surface area (Å²) in [5, 5.41) is 3.15. The van der Waals surface area contributed by atoms with E-state index in [1.54, 1.807) is 6.92 Å². The Hall–Kier alpha value is -0.530. The van der Waals surface area contributed by atoms with Gasteiger partial charge in [0, 0.05) is 13.0 Å². The van der Waals surface area contributed by atoms with E-state index in [-0.39, 0.29) is 5.91 Å². The van der Waals surface area contributed by atoms with Crippen molar-refractivity contribution < 1.29 is 4.79 Å². The number of hydrogen-bond acceptors (Lipinski definition) is 1. The molecule has 1 amide bonds. The van der Waals surface area contributed by atoms with Gasteiger partial charge in [-0.15, -0.1) is 0 Å². The molecule has 0 heterocycles. The number of nitrogens with one attached hydrogen (secondary N) is 1. The van der Waals surface area contributed by atoms with Gasteiger partial charge in [0.05, 0.1) is 0 Å². The maximum absolute atomic E-state index is 11.1. The summed E-state index contributed by atoms with van der Waals surface area (Å²) < 4.78 is 0. The molecule has 3 aliphatic rings. The lowest BCUT2D eigenvalue weighted by Crippen LogP contribution is -2.41. The van der Waals surface area contributed by atoms with Crippen LogP contribution in [0.5, 0.6) is 0 Å². The Morgan fingerprint density at radius 3 is 2.71 bits per heavy atom. The minimum atomic E-state index is 0.164. The molecule has 2 bridgehead atoms. The van der Waals surface area contributed by atoms with Crippen molar-refractivity contribution in [2.75, 3.05) is 0 Å². The summed E-state index contributed by atoms with van der Waals surface area (Å²) in [4.78, 5) is 11.1. The minimum Gasteiger partial charge on any atom is -0.353 e. The Morgan fingerprint density at radius 2 is 1.93 bits per heavy atom. The molecule has 14 heavy (non-hydrogen) atoms. The van der Waals surface area contributed by atoms with Crippen LogP contribution < -0.4 is 5.32 Å². The van der Waals surface area contributed by atoms with Gasteiger partial charge in [-0.05, 0) is 49.4 Å². The molecule has 1 N–H and O–H groups in total. The first-order valence-electron chi connectivity index (χ1n) is 6.03. The van der Waals surface area contributed by atoms with Crippen molar-refractivity contribution >= 4 is 5.91 Å². The summed E-state index contributed by atoms with van der Waals surface area (Å²) in [5.74, 6) is 3.94. The molecule has 3 saturated carbocycles. The van der Waals surface area contributed by atoms with Crippen molar-refractivity contribution in [3.63, 3.8) is 0 Å². The van der Waals surface area contributed by atoms with Crippen LogP contribution in [-0.4, -0.2) is 11.9 Å². The number of amides is 1. The molecular weight excluding hydrogens is 174 g/mol. The van der Waals surface area contributed by atoms with E-state index < -0.39 is 0 Å². The molecule has 0 aromatic rings. The zero-order valence-electron chi connectivity index (χ0n) is 8.83. The average molecular weight is 193 g/mol. The van der Waals surface area contributed by atoms with Crippen molar-refractivity contribution in [1.29, 1.82) is 0 Å². The van der Waals surface area contributed by atoms with Gasteiger partial charge < -0.3 is 5.32 Å². The maximum atomic E-state index is 11.1. The highest BCUT2D eigenvalue weighted by Gasteiger charge is 2.53. The van der Waals surface area contributed by atoms with Crippen LogP contribution in [0.4, 0.5) is 0 Å². The smallest absolute Gasteiger partial charge is 0.217 e. The zero-order chi connectivity index (χ0) is 9.71. The third-order valence-corrected chi connectivity index (χ3v) is 4.82. The van der Waals surface area contributed by atoms with E-state index in [1.165, 1.54) is 32.1 Å². The summed E-state index contributed by atoms with van der Waals surface area (Å²) in [5.41, 5.74) is 0. The summed E-state index contributed by atoms with van der Waals surface area (Å²) in [6.07, 6.45) is 7.02. The third-order valence-electron chi connectivity index (χ3n) is 4.82. The van der Waals surface area contributed by atoms with Gasteiger partial charge in [0.1, 0.15) is 0 Å². The normalized spacial score (nSPS) is 49.4. The molecule has 0 aliphatic heterocycles. The molecule has 0 aromatic heterocycles. The largest absolute Gasteiger partial charge is 0.353 e. The number of fused-ring (bicyclic) bond motifs is 5. The molecule has 0 saturated heterocycles. The van der Waals surface area contributed by atoms with Gasteiger partial charge in [0.15, 0.2) is 0 Å². The molecule has 0 radical (unpaired) electrons. The average Bonchev–Trinajstić information content (AvgIpc) is 2.68. The Kier molecular flexibility index (Phi) is 1.86. The Balaban J connectivity index is 1.73. The monoisotopic (exact) mass is 193 g/mol. The van der Waals surface area contributed by atoms with Gasteiger partial charge in [-0.25, -0.2) is 0 Å². The third kappa shape index (κ3) is 1.12. The molecule has 3 fully saturated rings. The highest BCUT2D eigenvalue weighted by molar-refractivity contribution is 5.73. The molecule has 3 rings (SSSR count). The fourth-order valence-corrected chi connectivity index (χ4v) is 4.50. The molecule has 2 heteroatoms. The van der Waals surface area contributed by atoms with E-state index in [4.69, 9.17) is 0 Å². The van der Waals surface area contributed by atoms with Crippen molar-refractivity contribution in [2.45, 2.75) is 45.1 Å². The Bertz CT molecular complexity index is 263. The standard InChI is InChI=1S/C12H19NO/c1-7(14)13-12-6-8-5-11(12)10-4-2-3-9(8)10/h8-12H,2-6H2,1H3,(H,13,14)/t8-,9-,10-,11-,12+/m0/s1. The van der Waals surface area contributed by atoms with E-state index in [2.05, 4.69) is 5.32 Å². The van der Waals surface area contributed by atoms with Crippen molar-refractivity contribution in [3.05, 3.63) is 0 Å². The van der Waals surface area contributed by atoms with Gasteiger partial charge >= 0.3 is 0 Å². The second-order valence-corrected chi connectivity index (χ2v) is 5.46. The predicted octanol–water partition coefficient (Wildman–Crippen LogP) is 1.95. The lowest BCUT2D eigenvalue weighted by molar-refractivity contribution is -0.120. The van der Waals surface area contributed by atoms with Crippen LogP contribution in [0.1, 0.15) is 39.0 Å². The first-order chi connectivity index (χ1) is 6.75. The quantitative estimate of drug-likeness (QED) is 0.677. The van der Waals surface area contributed by atoms with E-state index in [1.807, 2.05) is 0 Å². The van der Waals surface area contributed by atoms with Crippen LogP contribution in [0, 0.1) is 23.7 Å². The molecule has 5 atom stereocenters. The van der Waals surface area contributed by atoms with Crippen LogP contribution in [0.15, 0.2) is 0 Å². The summed E-state index contributed by atoms with van der Waals surface area (Å²) >= 11 is 0. The summed E-state index contributed by atoms with van der Waals surface area (Å²) in [7, 11) is 0. The summed E-state index contributed by atoms with van der Waals surface area (Å²) in [6, 6.07) is 0.525. The van der Waals surface area contributed by atoms with Crippen LogP contribution >= 0.6 is 0 Å². The predicted molar refractivity (Wildman–Crippen MR) is 54.6 cm³/mol. The van der Waals surface area contributed by atoms with Gasteiger partial charge in [0.25, 0.3) is 0 Å². The van der Waals surface area contributed by atoms with Crippen LogP contribution in [0.2, 0.25) is 0 Å². The Morgan fingerprint density at radius 1 is 1.14 bits per heavy atom. The van der Waals surface area contributed by atoms with Crippen molar-refractivity contribution in [3.8, 4) is 0 Å². The van der Waals surface area contributed by atoms with Gasteiger partial charge in [-0.2, -0.15) is 0 Å². The first kappa shape index (κ1) is 8.75. The van der Waals surface area contributed by atoms with Gasteiger partial charge in [-0.1, -0.05) is 6.42 Å². The second kappa shape index (κ2) is 2.98. The number of carbonyl (C=O) groups is 1. The van der Waals surface area contributed by atoms with Crippen LogP contribution in [0.25, 0.3) is 0 Å². The fourth-order valence-electron chi connectivity index (χ4n) is 4.50. The maximum Gasteiger partial charge on any atom is 0.217 e. The van der Waals surface area contributed by atoms with Crippen molar-refractivity contribution in [2.24, 2.45) is 23.7 Å². The molecule has 78 valence electrons. The number of carbonyl (C=O) groups excluding carboxylic acids is 1. The molecule has 3 aliphatic carbocycles. The van der Waals surface area contributed by atoms with Crippen molar-refractivity contribution in [1.82, 2.24) is 5.32 Å². The fraction of sp³-hybridized carbons (Fsp3) is 0.917. The topological polar surface area (TPSA) is 29.1 Å². The summed E-state index contributed by atoms with van der Waals surface area (Å²) in [6.45, 7) is 1.65. The lowest BCUT2D eigenvalue weighted by Gasteiger charge is -2.31. The van der Waals surface area contributed by atoms with E-state index in [0.717, 1.165) is 23.7 Å². The van der Waals surface area contributed by atoms with Crippen LogP contribution in [-0.2, 0) is 4.79 Å². The number of rotatable bonds is 1. The van der Waals surface area contributed by atoms with Crippen LogP contribution in [0.3, 0.4) is 0 Å². The highest BCUT2D eigenvalue weighted by Crippen LogP contribution is 2.58. The minimum absolute atomic E-state index is 0.164. The van der Waals surface area contributed by atoms with Gasteiger partial charge in [-0.3, -0.25) is 4.79 Å². The molecule has 0 aromatic carbocycles. The second-order valence-electron chi connectivity index (χ2n) is 5.46. The first-order valence-corrected chi connectivity index (χ1v) is 6.03. The lowest BCUT2D eigenvalue weighted by atomic mass is 9.79. The van der Waals surface area contributed by atoms with Gasteiger partial charge in [0.2, 0.25) is 5.91 Å². The van der Waals surface area contributed by atoms with E-state index in [9.17, 15) is 4.79 Å². The van der Waals surface area contributed by atoms with E-state index >= 15 is 0 Å². The molecular formula is C12H19NO. The SMILES string of the molecule is CC(=O)N[C@@H]1C[C@@H]2C[C@H]1[C@H]1CCC[C@@H]21.